The van der Waals surface area contributed by atoms with Gasteiger partial charge in [0.05, 0.1) is 21.8 Å². The third kappa shape index (κ3) is 5.89. The first-order valence-electron chi connectivity index (χ1n) is 11.9. The van der Waals surface area contributed by atoms with Crippen LogP contribution in [0, 0.1) is 5.82 Å². The minimum Gasteiger partial charge on any atom is -0.391 e. The molecule has 4 rings (SSSR count). The van der Waals surface area contributed by atoms with Gasteiger partial charge in [0.15, 0.2) is 5.82 Å². The van der Waals surface area contributed by atoms with Crippen molar-refractivity contribution in [3.63, 3.8) is 0 Å². The van der Waals surface area contributed by atoms with Crippen molar-refractivity contribution < 1.29 is 37.1 Å². The highest BCUT2D eigenvalue weighted by atomic mass is 35.5. The number of hydrogen-bond donors (Lipinski definition) is 4. The fourth-order valence-corrected chi connectivity index (χ4v) is 4.50. The lowest BCUT2D eigenvalue weighted by atomic mass is 9.90. The second kappa shape index (κ2) is 12.0. The summed E-state index contributed by atoms with van der Waals surface area (Å²) < 4.78 is 57.2. The molecule has 0 saturated heterocycles. The summed E-state index contributed by atoms with van der Waals surface area (Å²) in [5.74, 6) is -1.54. The molecule has 0 bridgehead atoms. The van der Waals surface area contributed by atoms with Crippen molar-refractivity contribution in [2.75, 3.05) is 6.61 Å². The number of nitrogens with one attached hydrogen (secondary N) is 3. The van der Waals surface area contributed by atoms with Crippen molar-refractivity contribution in [1.29, 1.82) is 0 Å². The Morgan fingerprint density at radius 1 is 1.15 bits per heavy atom. The SMILES string of the molecule is CCC(O)CONC=CNC(=O)c1ccc(C2=CC(c3cc(Cl)c(F)c(Cl)c3)(C(F)(F)F)ON2)c2ccccc12. The van der Waals surface area contributed by atoms with Gasteiger partial charge >= 0.3 is 6.18 Å². The van der Waals surface area contributed by atoms with Crippen LogP contribution >= 0.6 is 23.2 Å². The van der Waals surface area contributed by atoms with Crippen LogP contribution in [-0.4, -0.2) is 29.9 Å². The fourth-order valence-electron chi connectivity index (χ4n) is 4.02. The van der Waals surface area contributed by atoms with E-state index in [1.165, 1.54) is 24.5 Å². The molecule has 2 atom stereocenters. The van der Waals surface area contributed by atoms with Crippen molar-refractivity contribution in [3.05, 3.63) is 99.6 Å². The van der Waals surface area contributed by atoms with E-state index >= 15 is 0 Å². The lowest BCUT2D eigenvalue weighted by Crippen LogP contribution is -2.42. The van der Waals surface area contributed by atoms with E-state index < -0.39 is 45.2 Å². The number of amides is 1. The van der Waals surface area contributed by atoms with E-state index in [0.29, 0.717) is 22.8 Å². The number of carbonyl (C=O) groups is 1. The van der Waals surface area contributed by atoms with Gasteiger partial charge in [0.2, 0.25) is 5.60 Å². The van der Waals surface area contributed by atoms with Crippen LogP contribution in [0.2, 0.25) is 10.0 Å². The zero-order valence-corrected chi connectivity index (χ0v) is 22.3. The monoisotopic (exact) mass is 599 g/mol. The van der Waals surface area contributed by atoms with Gasteiger partial charge in [-0.1, -0.05) is 60.5 Å². The Kier molecular flexibility index (Phi) is 8.91. The van der Waals surface area contributed by atoms with Gasteiger partial charge in [0.25, 0.3) is 5.91 Å². The van der Waals surface area contributed by atoms with E-state index in [4.69, 9.17) is 32.9 Å². The predicted octanol–water partition coefficient (Wildman–Crippen LogP) is 6.11. The van der Waals surface area contributed by atoms with Gasteiger partial charge in [0.1, 0.15) is 6.61 Å². The van der Waals surface area contributed by atoms with Crippen molar-refractivity contribution in [3.8, 4) is 0 Å². The van der Waals surface area contributed by atoms with Crippen LogP contribution in [0.25, 0.3) is 16.5 Å². The van der Waals surface area contributed by atoms with E-state index in [0.717, 1.165) is 18.2 Å². The first kappa shape index (κ1) is 29.6. The van der Waals surface area contributed by atoms with Gasteiger partial charge < -0.3 is 10.4 Å². The average molecular weight is 600 g/mol. The first-order chi connectivity index (χ1) is 19.0. The second-order valence-corrected chi connectivity index (χ2v) is 9.57. The number of halogens is 6. The third-order valence-corrected chi connectivity index (χ3v) is 6.71. The summed E-state index contributed by atoms with van der Waals surface area (Å²) in [5, 5.41) is 11.8. The van der Waals surface area contributed by atoms with Crippen LogP contribution in [0.15, 0.2) is 67.0 Å². The van der Waals surface area contributed by atoms with E-state index in [2.05, 4.69) is 16.3 Å². The summed E-state index contributed by atoms with van der Waals surface area (Å²) in [6.45, 7) is 1.86. The quantitative estimate of drug-likeness (QED) is 0.103. The Morgan fingerprint density at radius 3 is 2.48 bits per heavy atom. The van der Waals surface area contributed by atoms with Crippen LogP contribution in [0.5, 0.6) is 0 Å². The minimum absolute atomic E-state index is 0.0347. The van der Waals surface area contributed by atoms with Crippen LogP contribution in [0.3, 0.4) is 0 Å². The minimum atomic E-state index is -4.99. The molecule has 3 aromatic carbocycles. The van der Waals surface area contributed by atoms with Crippen LogP contribution in [-0.2, 0) is 15.3 Å². The maximum atomic E-state index is 14.4. The molecule has 0 aliphatic carbocycles. The molecule has 1 aliphatic heterocycles. The molecule has 40 heavy (non-hydrogen) atoms. The molecule has 0 spiro atoms. The maximum Gasteiger partial charge on any atom is 0.428 e. The normalized spacial score (nSPS) is 18.1. The number of rotatable bonds is 9. The third-order valence-electron chi connectivity index (χ3n) is 6.16. The van der Waals surface area contributed by atoms with Gasteiger partial charge in [-0.25, -0.2) is 4.39 Å². The molecule has 0 fully saturated rings. The molecule has 7 nitrogen and oxygen atoms in total. The Bertz CT molecular complexity index is 1460. The molecule has 0 aromatic heterocycles. The van der Waals surface area contributed by atoms with Gasteiger partial charge in [-0.05, 0) is 41.5 Å². The average Bonchev–Trinajstić information content (AvgIpc) is 3.39. The molecule has 2 unspecified atom stereocenters. The Hall–Kier alpha value is -3.35. The van der Waals surface area contributed by atoms with E-state index in [1.54, 1.807) is 31.2 Å². The van der Waals surface area contributed by atoms with E-state index in [9.17, 15) is 27.5 Å². The van der Waals surface area contributed by atoms with Crippen LogP contribution in [0.1, 0.15) is 34.8 Å². The summed E-state index contributed by atoms with van der Waals surface area (Å²) in [6.07, 6.45) is -1.64. The highest BCUT2D eigenvalue weighted by molar-refractivity contribution is 6.35. The number of hydrogen-bond acceptors (Lipinski definition) is 6. The van der Waals surface area contributed by atoms with E-state index in [1.807, 2.05) is 0 Å². The summed E-state index contributed by atoms with van der Waals surface area (Å²) >= 11 is 11.6. The van der Waals surface area contributed by atoms with Crippen molar-refractivity contribution >= 4 is 45.6 Å². The summed E-state index contributed by atoms with van der Waals surface area (Å²) in [7, 11) is 0. The Labute approximate surface area is 236 Å². The van der Waals surface area contributed by atoms with Gasteiger partial charge in [-0.3, -0.25) is 25.4 Å². The number of alkyl halides is 3. The van der Waals surface area contributed by atoms with Crippen molar-refractivity contribution in [2.45, 2.75) is 31.2 Å². The number of benzene rings is 3. The smallest absolute Gasteiger partial charge is 0.391 e. The van der Waals surface area contributed by atoms with E-state index in [-0.39, 0.29) is 17.9 Å². The highest BCUT2D eigenvalue weighted by Gasteiger charge is 2.60. The Balaban J connectivity index is 1.66. The number of carbonyl (C=O) groups excluding carboxylic acids is 1. The summed E-state index contributed by atoms with van der Waals surface area (Å²) in [4.78, 5) is 23.0. The van der Waals surface area contributed by atoms with Crippen molar-refractivity contribution in [2.24, 2.45) is 0 Å². The predicted molar refractivity (Wildman–Crippen MR) is 142 cm³/mol. The highest BCUT2D eigenvalue weighted by Crippen LogP contribution is 2.49. The second-order valence-electron chi connectivity index (χ2n) is 8.75. The maximum absolute atomic E-state index is 14.4. The van der Waals surface area contributed by atoms with Crippen LogP contribution < -0.4 is 16.3 Å². The molecular formula is C27H23Cl2F4N3O4. The molecule has 13 heteroatoms. The topological polar surface area (TPSA) is 91.9 Å². The van der Waals surface area contributed by atoms with Crippen LogP contribution in [0.4, 0.5) is 17.6 Å². The van der Waals surface area contributed by atoms with Crippen molar-refractivity contribution in [1.82, 2.24) is 16.3 Å². The first-order valence-corrected chi connectivity index (χ1v) is 12.7. The fraction of sp³-hybridized carbons (Fsp3) is 0.222. The molecule has 1 amide bonds. The van der Waals surface area contributed by atoms with Gasteiger partial charge in [-0.15, -0.1) is 0 Å². The molecular weight excluding hydrogens is 577 g/mol. The lowest BCUT2D eigenvalue weighted by molar-refractivity contribution is -0.269. The number of hydroxylamine groups is 2. The molecule has 1 heterocycles. The number of aliphatic hydroxyl groups excluding tert-OH is 1. The standard InChI is InChI=1S/C27H23Cl2F4N3O4/c1-2-16(37)14-39-35-10-9-34-25(38)20-8-7-19(17-5-3-4-6-18(17)20)23-13-26(40-36-23,27(31,32)33)15-11-21(28)24(30)22(29)12-15/h3-13,16,35-37H,2,14H2,1H3,(H,34,38). The zero-order chi connectivity index (χ0) is 29.1. The number of fused-ring (bicyclic) bond motifs is 1. The lowest BCUT2D eigenvalue weighted by Gasteiger charge is -2.28. The zero-order valence-electron chi connectivity index (χ0n) is 20.8. The molecule has 212 valence electrons. The van der Waals surface area contributed by atoms with Gasteiger partial charge in [0, 0.05) is 29.1 Å². The Morgan fingerprint density at radius 2 is 1.82 bits per heavy atom. The summed E-state index contributed by atoms with van der Waals surface area (Å²) in [5.41, 5.74) is 1.80. The molecule has 1 aliphatic rings. The molecule has 4 N–H and O–H groups in total. The number of aliphatic hydroxyl groups is 1. The van der Waals surface area contributed by atoms with Gasteiger partial charge in [-0.2, -0.15) is 13.2 Å². The molecule has 0 radical (unpaired) electrons. The molecule has 3 aromatic rings. The largest absolute Gasteiger partial charge is 0.428 e. The molecule has 0 saturated carbocycles. The summed E-state index contributed by atoms with van der Waals surface area (Å²) in [6, 6.07) is 11.2.